The molecular formula is C19H24O7. The Morgan fingerprint density at radius 2 is 1.92 bits per heavy atom. The second kappa shape index (κ2) is 4.51. The van der Waals surface area contributed by atoms with E-state index in [4.69, 9.17) is 4.74 Å². The average molecular weight is 364 g/mol. The number of esters is 1. The maximum absolute atomic E-state index is 12.8. The third kappa shape index (κ3) is 1.40. The van der Waals surface area contributed by atoms with Gasteiger partial charge in [0.15, 0.2) is 0 Å². The summed E-state index contributed by atoms with van der Waals surface area (Å²) >= 11 is 0. The van der Waals surface area contributed by atoms with E-state index < -0.39 is 58.5 Å². The summed E-state index contributed by atoms with van der Waals surface area (Å²) < 4.78 is 5.78. The van der Waals surface area contributed by atoms with E-state index in [9.17, 15) is 30.0 Å². The summed E-state index contributed by atoms with van der Waals surface area (Å²) in [4.78, 5) is 25.2. The Kier molecular flexibility index (Phi) is 2.90. The Morgan fingerprint density at radius 3 is 2.58 bits per heavy atom. The molecule has 142 valence electrons. The lowest BCUT2D eigenvalue weighted by Gasteiger charge is -2.49. The Morgan fingerprint density at radius 1 is 1.23 bits per heavy atom. The van der Waals surface area contributed by atoms with Gasteiger partial charge in [0.1, 0.15) is 23.2 Å². The normalized spacial score (nSPS) is 59.8. The second-order valence-electron chi connectivity index (χ2n) is 9.30. The lowest BCUT2D eigenvalue weighted by Crippen LogP contribution is -2.67. The standard InChI is InChI=1S/C19H24O7/c1-7-5-18-6-8(7)3-4-9(18)19-12(10(18)15(23)24)17(2,16(25)26-19)13(21)11(20)14(19)22/h8-14,20-22H,1,3-6H2,2H3,(H,23,24)/t8-,9-,10-,11-,12-,13+,14-,17+,18+,19-/m1/s1. The number of rotatable bonds is 1. The first-order valence-electron chi connectivity index (χ1n) is 9.30. The van der Waals surface area contributed by atoms with E-state index in [1.165, 1.54) is 6.92 Å². The Hall–Kier alpha value is -1.44. The van der Waals surface area contributed by atoms with Gasteiger partial charge in [-0.05, 0) is 43.9 Å². The number of carboxylic acids is 1. The number of hydrogen-bond acceptors (Lipinski definition) is 6. The molecule has 0 aromatic carbocycles. The molecule has 0 amide bonds. The van der Waals surface area contributed by atoms with Crippen molar-refractivity contribution in [3.05, 3.63) is 12.2 Å². The van der Waals surface area contributed by atoms with Gasteiger partial charge in [0.05, 0.1) is 12.0 Å². The topological polar surface area (TPSA) is 124 Å². The summed E-state index contributed by atoms with van der Waals surface area (Å²) in [6.07, 6.45) is -2.00. The summed E-state index contributed by atoms with van der Waals surface area (Å²) in [5, 5.41) is 42.2. The van der Waals surface area contributed by atoms with Gasteiger partial charge < -0.3 is 25.2 Å². The minimum Gasteiger partial charge on any atom is -0.481 e. The molecule has 4 saturated carbocycles. The molecule has 4 N–H and O–H groups in total. The molecule has 5 aliphatic rings. The Balaban J connectivity index is 1.80. The molecule has 4 aliphatic carbocycles. The molecule has 0 unspecified atom stereocenters. The predicted octanol–water partition coefficient (Wildman–Crippen LogP) is 0.0778. The lowest BCUT2D eigenvalue weighted by molar-refractivity contribution is -0.216. The van der Waals surface area contributed by atoms with Crippen LogP contribution in [0, 0.1) is 34.5 Å². The zero-order valence-corrected chi connectivity index (χ0v) is 14.6. The molecule has 4 bridgehead atoms. The van der Waals surface area contributed by atoms with Gasteiger partial charge in [0.2, 0.25) is 0 Å². The highest BCUT2D eigenvalue weighted by atomic mass is 16.6. The molecule has 26 heavy (non-hydrogen) atoms. The van der Waals surface area contributed by atoms with Crippen molar-refractivity contribution in [1.82, 2.24) is 0 Å². The third-order valence-electron chi connectivity index (χ3n) is 8.59. The quantitative estimate of drug-likeness (QED) is 0.384. The smallest absolute Gasteiger partial charge is 0.315 e. The van der Waals surface area contributed by atoms with Crippen LogP contribution in [0.3, 0.4) is 0 Å². The van der Waals surface area contributed by atoms with Crippen LogP contribution >= 0.6 is 0 Å². The van der Waals surface area contributed by atoms with Crippen LogP contribution in [0.4, 0.5) is 0 Å². The zero-order chi connectivity index (χ0) is 18.8. The molecule has 0 radical (unpaired) electrons. The summed E-state index contributed by atoms with van der Waals surface area (Å²) in [5.74, 6) is -3.66. The molecule has 0 aromatic rings. The summed E-state index contributed by atoms with van der Waals surface area (Å²) in [7, 11) is 0. The van der Waals surface area contributed by atoms with Gasteiger partial charge in [-0.3, -0.25) is 9.59 Å². The first-order valence-corrected chi connectivity index (χ1v) is 9.30. The number of aliphatic hydroxyl groups excluding tert-OH is 3. The number of ether oxygens (including phenoxy) is 1. The average Bonchev–Trinajstić information content (AvgIpc) is 3.07. The van der Waals surface area contributed by atoms with Gasteiger partial charge in [0, 0.05) is 11.8 Å². The van der Waals surface area contributed by atoms with Crippen LogP contribution in [-0.2, 0) is 14.3 Å². The van der Waals surface area contributed by atoms with Crippen molar-refractivity contribution in [3.8, 4) is 0 Å². The van der Waals surface area contributed by atoms with Crippen LogP contribution in [0.25, 0.3) is 0 Å². The fraction of sp³-hybridized carbons (Fsp3) is 0.789. The van der Waals surface area contributed by atoms with Gasteiger partial charge in [-0.2, -0.15) is 0 Å². The molecule has 5 fully saturated rings. The molecule has 1 saturated heterocycles. The zero-order valence-electron chi connectivity index (χ0n) is 14.6. The predicted molar refractivity (Wildman–Crippen MR) is 86.6 cm³/mol. The fourth-order valence-corrected chi connectivity index (χ4v) is 7.69. The van der Waals surface area contributed by atoms with Gasteiger partial charge >= 0.3 is 11.9 Å². The largest absolute Gasteiger partial charge is 0.481 e. The van der Waals surface area contributed by atoms with Crippen molar-refractivity contribution in [1.29, 1.82) is 0 Å². The number of hydrogen-bond donors (Lipinski definition) is 4. The van der Waals surface area contributed by atoms with E-state index in [0.29, 0.717) is 19.3 Å². The monoisotopic (exact) mass is 364 g/mol. The van der Waals surface area contributed by atoms with Gasteiger partial charge in [-0.1, -0.05) is 12.2 Å². The third-order valence-corrected chi connectivity index (χ3v) is 8.59. The molecule has 5 rings (SSSR count). The van der Waals surface area contributed by atoms with Gasteiger partial charge in [-0.25, -0.2) is 0 Å². The van der Waals surface area contributed by atoms with Crippen LogP contribution in [0.2, 0.25) is 0 Å². The number of aliphatic hydroxyl groups is 3. The van der Waals surface area contributed by atoms with Crippen molar-refractivity contribution < 1.29 is 34.8 Å². The highest BCUT2D eigenvalue weighted by Gasteiger charge is 2.86. The van der Waals surface area contributed by atoms with Gasteiger partial charge in [0.25, 0.3) is 0 Å². The number of aliphatic carboxylic acids is 1. The van der Waals surface area contributed by atoms with Crippen LogP contribution in [0.15, 0.2) is 12.2 Å². The van der Waals surface area contributed by atoms with Crippen molar-refractivity contribution in [3.63, 3.8) is 0 Å². The molecule has 7 heteroatoms. The Bertz CT molecular complexity index is 748. The molecular weight excluding hydrogens is 340 g/mol. The van der Waals surface area contributed by atoms with E-state index in [-0.39, 0.29) is 11.8 Å². The summed E-state index contributed by atoms with van der Waals surface area (Å²) in [6.45, 7) is 5.62. The van der Waals surface area contributed by atoms with Crippen LogP contribution in [-0.4, -0.2) is 56.3 Å². The number of fused-ring (bicyclic) bond motifs is 1. The van der Waals surface area contributed by atoms with Crippen LogP contribution in [0.5, 0.6) is 0 Å². The SMILES string of the molecule is C=C1C[C@]23C[C@H]1CC[C@H]2[C@@]12OC(=O)[C@@](C)([C@H]1[C@@H]3C(=O)O)[C@@H](O)[C@@H](O)[C@H]2O. The number of carbonyl (C=O) groups excluding carboxylic acids is 1. The van der Waals surface area contributed by atoms with E-state index in [2.05, 4.69) is 6.58 Å². The van der Waals surface area contributed by atoms with Gasteiger partial charge in [-0.15, -0.1) is 0 Å². The maximum atomic E-state index is 12.8. The van der Waals surface area contributed by atoms with Crippen molar-refractivity contribution >= 4 is 11.9 Å². The first kappa shape index (κ1) is 16.7. The number of carboxylic acid groups (broad SMARTS) is 1. The molecule has 0 aromatic heterocycles. The molecule has 10 atom stereocenters. The Labute approximate surface area is 150 Å². The second-order valence-corrected chi connectivity index (χ2v) is 9.30. The lowest BCUT2D eigenvalue weighted by atomic mass is 9.57. The molecule has 1 aliphatic heterocycles. The number of allylic oxidation sites excluding steroid dienone is 1. The van der Waals surface area contributed by atoms with E-state index >= 15 is 0 Å². The van der Waals surface area contributed by atoms with E-state index in [1.807, 2.05) is 0 Å². The maximum Gasteiger partial charge on any atom is 0.315 e. The van der Waals surface area contributed by atoms with Crippen molar-refractivity contribution in [2.75, 3.05) is 0 Å². The summed E-state index contributed by atoms with van der Waals surface area (Å²) in [6, 6.07) is 0. The molecule has 1 spiro atoms. The minimum atomic E-state index is -1.57. The van der Waals surface area contributed by atoms with Crippen LogP contribution < -0.4 is 0 Å². The van der Waals surface area contributed by atoms with E-state index in [1.54, 1.807) is 0 Å². The van der Waals surface area contributed by atoms with Crippen molar-refractivity contribution in [2.24, 2.45) is 34.5 Å². The molecule has 1 heterocycles. The molecule has 7 nitrogen and oxygen atoms in total. The highest BCUT2D eigenvalue weighted by Crippen LogP contribution is 2.77. The summed E-state index contributed by atoms with van der Waals surface area (Å²) in [5.41, 5.74) is -2.63. The minimum absolute atomic E-state index is 0.249. The fourth-order valence-electron chi connectivity index (χ4n) is 7.69. The van der Waals surface area contributed by atoms with Crippen LogP contribution in [0.1, 0.15) is 32.6 Å². The van der Waals surface area contributed by atoms with E-state index in [0.717, 1.165) is 12.0 Å². The first-order chi connectivity index (χ1) is 12.1. The highest BCUT2D eigenvalue weighted by molar-refractivity contribution is 5.86. The number of carbonyl (C=O) groups is 2. The van der Waals surface area contributed by atoms with Crippen molar-refractivity contribution in [2.45, 2.75) is 56.5 Å².